The third-order valence-electron chi connectivity index (χ3n) is 0.953. The van der Waals surface area contributed by atoms with Crippen molar-refractivity contribution in [3.8, 4) is 0 Å². The smallest absolute Gasteiger partial charge is 0.743 e. The standard InChI is InChI=1S/C5H6O3S2.Na/c1-4-2-5(9-3-4)10(6,7)8;/h2-3H,1H3,(H,6,7,8);/q;+1/p-1. The third-order valence-corrected chi connectivity index (χ3v) is 3.30. The largest absolute Gasteiger partial charge is 1.00 e. The monoisotopic (exact) mass is 200 g/mol. The van der Waals surface area contributed by atoms with E-state index in [4.69, 9.17) is 0 Å². The summed E-state index contributed by atoms with van der Waals surface area (Å²) < 4.78 is 30.8. The predicted octanol–water partition coefficient (Wildman–Crippen LogP) is -2.04. The van der Waals surface area contributed by atoms with Gasteiger partial charge >= 0.3 is 29.6 Å². The van der Waals surface area contributed by atoms with E-state index in [9.17, 15) is 13.0 Å². The Morgan fingerprint density at radius 1 is 1.55 bits per heavy atom. The number of thiophene rings is 1. The van der Waals surface area contributed by atoms with Crippen LogP contribution in [0.25, 0.3) is 0 Å². The van der Waals surface area contributed by atoms with E-state index in [1.165, 1.54) is 6.07 Å². The Bertz CT molecular complexity index is 327. The van der Waals surface area contributed by atoms with Crippen molar-refractivity contribution in [2.24, 2.45) is 0 Å². The topological polar surface area (TPSA) is 57.2 Å². The molecule has 56 valence electrons. The minimum Gasteiger partial charge on any atom is -0.743 e. The summed E-state index contributed by atoms with van der Waals surface area (Å²) in [7, 11) is -4.21. The summed E-state index contributed by atoms with van der Waals surface area (Å²) in [5.74, 6) is 0. The number of hydrogen-bond acceptors (Lipinski definition) is 4. The van der Waals surface area contributed by atoms with E-state index in [2.05, 4.69) is 0 Å². The second kappa shape index (κ2) is 4.02. The van der Waals surface area contributed by atoms with Crippen LogP contribution in [0, 0.1) is 6.92 Å². The molecular formula is C5H5NaO3S2. The van der Waals surface area contributed by atoms with E-state index in [1.54, 1.807) is 12.3 Å². The molecule has 0 aliphatic rings. The predicted molar refractivity (Wildman–Crippen MR) is 37.0 cm³/mol. The fourth-order valence-corrected chi connectivity index (χ4v) is 2.11. The van der Waals surface area contributed by atoms with Crippen molar-refractivity contribution in [2.75, 3.05) is 0 Å². The average Bonchev–Trinajstić information content (AvgIpc) is 2.11. The molecular weight excluding hydrogens is 195 g/mol. The maximum Gasteiger partial charge on any atom is 1.00 e. The van der Waals surface area contributed by atoms with Crippen molar-refractivity contribution in [2.45, 2.75) is 11.1 Å². The molecule has 0 spiro atoms. The molecule has 0 amide bonds. The molecule has 0 fully saturated rings. The SMILES string of the molecule is Cc1csc(S(=O)(=O)[O-])c1.[Na+]. The molecule has 0 bridgehead atoms. The van der Waals surface area contributed by atoms with Crippen LogP contribution in [0.4, 0.5) is 0 Å². The van der Waals surface area contributed by atoms with Gasteiger partial charge in [-0.15, -0.1) is 11.3 Å². The maximum absolute atomic E-state index is 10.3. The first-order chi connectivity index (χ1) is 4.50. The van der Waals surface area contributed by atoms with Crippen LogP contribution in [0.15, 0.2) is 15.7 Å². The van der Waals surface area contributed by atoms with E-state index >= 15 is 0 Å². The maximum atomic E-state index is 10.3. The van der Waals surface area contributed by atoms with Crippen molar-refractivity contribution in [1.82, 2.24) is 0 Å². The number of rotatable bonds is 1. The van der Waals surface area contributed by atoms with E-state index in [1.807, 2.05) is 0 Å². The Kier molecular flexibility index (Phi) is 4.24. The van der Waals surface area contributed by atoms with Crippen molar-refractivity contribution in [3.63, 3.8) is 0 Å². The molecule has 0 aromatic carbocycles. The van der Waals surface area contributed by atoms with E-state index < -0.39 is 10.1 Å². The van der Waals surface area contributed by atoms with Gasteiger partial charge in [-0.05, 0) is 23.9 Å². The van der Waals surface area contributed by atoms with Crippen LogP contribution in [0.3, 0.4) is 0 Å². The normalized spacial score (nSPS) is 10.7. The molecule has 3 nitrogen and oxygen atoms in total. The molecule has 1 rings (SSSR count). The molecule has 0 aliphatic heterocycles. The van der Waals surface area contributed by atoms with Gasteiger partial charge in [0.15, 0.2) is 0 Å². The summed E-state index contributed by atoms with van der Waals surface area (Å²) >= 11 is 0.956. The molecule has 0 radical (unpaired) electrons. The number of aryl methyl sites for hydroxylation is 1. The molecule has 1 aromatic heterocycles. The summed E-state index contributed by atoms with van der Waals surface area (Å²) in [6.07, 6.45) is 0. The average molecular weight is 200 g/mol. The van der Waals surface area contributed by atoms with Gasteiger partial charge in [-0.3, -0.25) is 0 Å². The molecule has 0 saturated carbocycles. The van der Waals surface area contributed by atoms with Crippen molar-refractivity contribution in [3.05, 3.63) is 17.0 Å². The molecule has 0 N–H and O–H groups in total. The minimum atomic E-state index is -4.21. The third kappa shape index (κ3) is 3.23. The first kappa shape index (κ1) is 11.6. The van der Waals surface area contributed by atoms with Crippen LogP contribution in [0.1, 0.15) is 5.56 Å². The summed E-state index contributed by atoms with van der Waals surface area (Å²) in [6.45, 7) is 1.74. The summed E-state index contributed by atoms with van der Waals surface area (Å²) in [5.41, 5.74) is 0.805. The number of hydrogen-bond donors (Lipinski definition) is 0. The van der Waals surface area contributed by atoms with Gasteiger partial charge < -0.3 is 4.55 Å². The zero-order valence-corrected chi connectivity index (χ0v) is 9.83. The summed E-state index contributed by atoms with van der Waals surface area (Å²) in [5, 5.41) is 1.63. The Morgan fingerprint density at radius 2 is 2.09 bits per heavy atom. The van der Waals surface area contributed by atoms with Crippen molar-refractivity contribution in [1.29, 1.82) is 0 Å². The van der Waals surface area contributed by atoms with Crippen LogP contribution >= 0.6 is 11.3 Å². The van der Waals surface area contributed by atoms with Gasteiger partial charge in [-0.1, -0.05) is 0 Å². The Hall–Kier alpha value is 0.610. The molecule has 1 heterocycles. The van der Waals surface area contributed by atoms with Crippen molar-refractivity contribution < 1.29 is 42.5 Å². The zero-order valence-electron chi connectivity index (χ0n) is 6.20. The van der Waals surface area contributed by atoms with Gasteiger partial charge in [-0.2, -0.15) is 0 Å². The molecule has 6 heteroatoms. The van der Waals surface area contributed by atoms with E-state index in [0.717, 1.165) is 16.9 Å². The van der Waals surface area contributed by atoms with Crippen LogP contribution in [0.5, 0.6) is 0 Å². The molecule has 0 saturated heterocycles. The quantitative estimate of drug-likeness (QED) is 0.388. The van der Waals surface area contributed by atoms with Crippen LogP contribution in [-0.2, 0) is 10.1 Å². The second-order valence-electron chi connectivity index (χ2n) is 1.90. The van der Waals surface area contributed by atoms with E-state index in [-0.39, 0.29) is 33.8 Å². The van der Waals surface area contributed by atoms with Gasteiger partial charge in [0.25, 0.3) is 0 Å². The van der Waals surface area contributed by atoms with Crippen LogP contribution < -0.4 is 29.6 Å². The Balaban J connectivity index is 0.000001000. The molecule has 0 unspecified atom stereocenters. The fourth-order valence-electron chi connectivity index (χ4n) is 0.536. The molecule has 0 aliphatic carbocycles. The van der Waals surface area contributed by atoms with Gasteiger partial charge in [0, 0.05) is 0 Å². The molecule has 0 atom stereocenters. The van der Waals surface area contributed by atoms with Gasteiger partial charge in [0.05, 0.1) is 0 Å². The van der Waals surface area contributed by atoms with Crippen LogP contribution in [-0.4, -0.2) is 13.0 Å². The first-order valence-electron chi connectivity index (χ1n) is 2.51. The molecule has 11 heavy (non-hydrogen) atoms. The Morgan fingerprint density at radius 3 is 2.27 bits per heavy atom. The second-order valence-corrected chi connectivity index (χ2v) is 4.41. The minimum absolute atomic E-state index is 0. The zero-order chi connectivity index (χ0) is 7.78. The van der Waals surface area contributed by atoms with Gasteiger partial charge in [-0.25, -0.2) is 8.42 Å². The van der Waals surface area contributed by atoms with E-state index in [0.29, 0.717) is 0 Å². The molecule has 1 aromatic rings. The van der Waals surface area contributed by atoms with Crippen molar-refractivity contribution >= 4 is 21.5 Å². The summed E-state index contributed by atoms with van der Waals surface area (Å²) in [4.78, 5) is 0. The van der Waals surface area contributed by atoms with Crippen LogP contribution in [0.2, 0.25) is 0 Å². The summed E-state index contributed by atoms with van der Waals surface area (Å²) in [6, 6.07) is 1.37. The fraction of sp³-hybridized carbons (Fsp3) is 0.200. The van der Waals surface area contributed by atoms with Gasteiger partial charge in [0.2, 0.25) is 0 Å². The Labute approximate surface area is 91.5 Å². The van der Waals surface area contributed by atoms with Gasteiger partial charge in [0.1, 0.15) is 14.3 Å². The first-order valence-corrected chi connectivity index (χ1v) is 4.80.